The lowest BCUT2D eigenvalue weighted by Crippen LogP contribution is -2.04. The van der Waals surface area contributed by atoms with Gasteiger partial charge in [0.25, 0.3) is 0 Å². The number of thiazole rings is 1. The molecule has 5 rings (SSSR count). The van der Waals surface area contributed by atoms with Gasteiger partial charge in [-0.2, -0.15) is 0 Å². The number of hydrogen-bond acceptors (Lipinski definition) is 4. The Morgan fingerprint density at radius 2 is 1.74 bits per heavy atom. The fourth-order valence-corrected chi connectivity index (χ4v) is 5.65. The number of rotatable bonds is 7. The van der Waals surface area contributed by atoms with Crippen molar-refractivity contribution < 1.29 is 4.74 Å². The first kappa shape index (κ1) is 24.1. The summed E-state index contributed by atoms with van der Waals surface area (Å²) in [6.45, 7) is 3.08. The van der Waals surface area contributed by atoms with Gasteiger partial charge in [0.05, 0.1) is 10.2 Å². The fourth-order valence-electron chi connectivity index (χ4n) is 3.70. The minimum absolute atomic E-state index is 0.362. The van der Waals surface area contributed by atoms with Crippen LogP contribution in [0.3, 0.4) is 0 Å². The molecule has 7 heteroatoms. The van der Waals surface area contributed by atoms with Gasteiger partial charge >= 0.3 is 0 Å². The standard InChI is InChI=1S/C28H21BrCl2N2OS/c1-17-2-10-25-27(12-17)35-28(33-25)18-4-8-23(9-5-18)32-15-20-13-21(29)6-11-26(20)34-16-19-3-7-22(30)14-24(19)31/h2-14,32H,15-16H2,1H3. The molecule has 1 aromatic heterocycles. The summed E-state index contributed by atoms with van der Waals surface area (Å²) in [5, 5.41) is 5.73. The van der Waals surface area contributed by atoms with E-state index in [1.54, 1.807) is 17.4 Å². The first-order valence-corrected chi connectivity index (χ1v) is 13.4. The number of aryl methyl sites for hydroxylation is 1. The quantitative estimate of drug-likeness (QED) is 0.207. The van der Waals surface area contributed by atoms with E-state index in [-0.39, 0.29) is 0 Å². The third-order valence-electron chi connectivity index (χ3n) is 5.58. The monoisotopic (exact) mass is 582 g/mol. The minimum Gasteiger partial charge on any atom is -0.488 e. The van der Waals surface area contributed by atoms with Crippen LogP contribution >= 0.6 is 50.5 Å². The molecule has 0 spiro atoms. The molecule has 0 fully saturated rings. The maximum Gasteiger partial charge on any atom is 0.124 e. The largest absolute Gasteiger partial charge is 0.488 e. The van der Waals surface area contributed by atoms with Crippen LogP contribution < -0.4 is 10.1 Å². The summed E-state index contributed by atoms with van der Waals surface area (Å²) in [5.74, 6) is 0.799. The minimum atomic E-state index is 0.362. The number of benzene rings is 4. The van der Waals surface area contributed by atoms with E-state index < -0.39 is 0 Å². The van der Waals surface area contributed by atoms with Gasteiger partial charge in [-0.05, 0) is 79.2 Å². The van der Waals surface area contributed by atoms with E-state index in [1.807, 2.05) is 24.3 Å². The molecule has 176 valence electrons. The maximum absolute atomic E-state index is 6.30. The molecule has 0 unspecified atom stereocenters. The smallest absolute Gasteiger partial charge is 0.124 e. The molecular formula is C28H21BrCl2N2OS. The summed E-state index contributed by atoms with van der Waals surface area (Å²) in [4.78, 5) is 4.78. The Balaban J connectivity index is 1.27. The van der Waals surface area contributed by atoms with E-state index in [2.05, 4.69) is 76.7 Å². The summed E-state index contributed by atoms with van der Waals surface area (Å²) >= 11 is 17.6. The van der Waals surface area contributed by atoms with Gasteiger partial charge in [-0.1, -0.05) is 51.3 Å². The predicted molar refractivity (Wildman–Crippen MR) is 152 cm³/mol. The third kappa shape index (κ3) is 5.81. The highest BCUT2D eigenvalue weighted by Gasteiger charge is 2.09. The van der Waals surface area contributed by atoms with Crippen LogP contribution in [0.2, 0.25) is 10.0 Å². The Labute approximate surface area is 226 Å². The van der Waals surface area contributed by atoms with Crippen molar-refractivity contribution in [1.82, 2.24) is 4.98 Å². The van der Waals surface area contributed by atoms with Crippen LogP contribution in [-0.2, 0) is 13.2 Å². The van der Waals surface area contributed by atoms with Crippen molar-refractivity contribution in [2.75, 3.05) is 5.32 Å². The van der Waals surface area contributed by atoms with Crippen molar-refractivity contribution in [1.29, 1.82) is 0 Å². The van der Waals surface area contributed by atoms with E-state index in [0.717, 1.165) is 43.1 Å². The third-order valence-corrected chi connectivity index (χ3v) is 7.73. The van der Waals surface area contributed by atoms with Gasteiger partial charge < -0.3 is 10.1 Å². The molecule has 1 heterocycles. The van der Waals surface area contributed by atoms with Gasteiger partial charge in [-0.3, -0.25) is 0 Å². The average Bonchev–Trinajstić information content (AvgIpc) is 3.26. The van der Waals surface area contributed by atoms with Crippen LogP contribution in [0, 0.1) is 6.92 Å². The molecule has 0 atom stereocenters. The molecule has 0 aliphatic carbocycles. The lowest BCUT2D eigenvalue weighted by atomic mass is 10.1. The van der Waals surface area contributed by atoms with E-state index in [0.29, 0.717) is 23.2 Å². The Hall–Kier alpha value is -2.57. The summed E-state index contributed by atoms with van der Waals surface area (Å²) in [6.07, 6.45) is 0. The molecule has 0 bridgehead atoms. The fraction of sp³-hybridized carbons (Fsp3) is 0.107. The average molecular weight is 584 g/mol. The van der Waals surface area contributed by atoms with Crippen LogP contribution in [0.1, 0.15) is 16.7 Å². The lowest BCUT2D eigenvalue weighted by Gasteiger charge is -2.14. The first-order valence-electron chi connectivity index (χ1n) is 11.0. The van der Waals surface area contributed by atoms with Crippen LogP contribution in [0.5, 0.6) is 5.75 Å². The topological polar surface area (TPSA) is 34.2 Å². The Bertz CT molecular complexity index is 1500. The maximum atomic E-state index is 6.30. The van der Waals surface area contributed by atoms with Gasteiger partial charge in [0, 0.05) is 43.4 Å². The van der Waals surface area contributed by atoms with Gasteiger partial charge in [0.1, 0.15) is 17.4 Å². The SMILES string of the molecule is Cc1ccc2nc(-c3ccc(NCc4cc(Br)ccc4OCc4ccc(Cl)cc4Cl)cc3)sc2c1. The van der Waals surface area contributed by atoms with Crippen molar-refractivity contribution in [2.45, 2.75) is 20.1 Å². The molecular weight excluding hydrogens is 563 g/mol. The lowest BCUT2D eigenvalue weighted by molar-refractivity contribution is 0.303. The molecule has 1 N–H and O–H groups in total. The van der Waals surface area contributed by atoms with E-state index in [1.165, 1.54) is 10.3 Å². The molecule has 35 heavy (non-hydrogen) atoms. The zero-order chi connectivity index (χ0) is 24.4. The van der Waals surface area contributed by atoms with E-state index >= 15 is 0 Å². The normalized spacial score (nSPS) is 11.1. The molecule has 0 aliphatic heterocycles. The van der Waals surface area contributed by atoms with Crippen LogP contribution in [0.25, 0.3) is 20.8 Å². The van der Waals surface area contributed by atoms with Gasteiger partial charge in [-0.15, -0.1) is 11.3 Å². The summed E-state index contributed by atoms with van der Waals surface area (Å²) < 4.78 is 8.31. The molecule has 0 saturated heterocycles. The predicted octanol–water partition coefficient (Wildman–Crippen LogP) is 9.53. The van der Waals surface area contributed by atoms with Crippen LogP contribution in [-0.4, -0.2) is 4.98 Å². The van der Waals surface area contributed by atoms with Crippen LogP contribution in [0.4, 0.5) is 5.69 Å². The number of aromatic nitrogens is 1. The molecule has 0 saturated carbocycles. The Kier molecular flexibility index (Phi) is 7.30. The van der Waals surface area contributed by atoms with E-state index in [4.69, 9.17) is 32.9 Å². The van der Waals surface area contributed by atoms with Gasteiger partial charge in [-0.25, -0.2) is 4.98 Å². The highest BCUT2D eigenvalue weighted by atomic mass is 79.9. The number of anilines is 1. The van der Waals surface area contributed by atoms with Crippen molar-refractivity contribution in [3.63, 3.8) is 0 Å². The highest BCUT2D eigenvalue weighted by molar-refractivity contribution is 9.10. The molecule has 4 aromatic carbocycles. The number of hydrogen-bond donors (Lipinski definition) is 1. The molecule has 0 aliphatic rings. The second-order valence-corrected chi connectivity index (χ2v) is 11.0. The number of ether oxygens (including phenoxy) is 1. The van der Waals surface area contributed by atoms with Crippen molar-refractivity contribution >= 4 is 66.4 Å². The van der Waals surface area contributed by atoms with Crippen molar-refractivity contribution in [3.8, 4) is 16.3 Å². The number of halogens is 3. The zero-order valence-electron chi connectivity index (χ0n) is 18.8. The second kappa shape index (κ2) is 10.6. The number of fused-ring (bicyclic) bond motifs is 1. The number of nitrogens with one attached hydrogen (secondary N) is 1. The summed E-state index contributed by atoms with van der Waals surface area (Å²) in [6, 6.07) is 26.2. The van der Waals surface area contributed by atoms with Crippen LogP contribution in [0.15, 0.2) is 83.3 Å². The van der Waals surface area contributed by atoms with Crippen molar-refractivity contribution in [2.24, 2.45) is 0 Å². The number of nitrogens with zero attached hydrogens (tertiary/aromatic N) is 1. The van der Waals surface area contributed by atoms with Gasteiger partial charge in [0.15, 0.2) is 0 Å². The Morgan fingerprint density at radius 1 is 0.914 bits per heavy atom. The molecule has 3 nitrogen and oxygen atoms in total. The zero-order valence-corrected chi connectivity index (χ0v) is 22.7. The first-order chi connectivity index (χ1) is 16.9. The second-order valence-electron chi connectivity index (χ2n) is 8.20. The molecule has 0 radical (unpaired) electrons. The Morgan fingerprint density at radius 3 is 2.54 bits per heavy atom. The molecule has 0 amide bonds. The molecule has 5 aromatic rings. The van der Waals surface area contributed by atoms with Crippen molar-refractivity contribution in [3.05, 3.63) is 110 Å². The summed E-state index contributed by atoms with van der Waals surface area (Å²) in [5.41, 5.74) is 6.35. The van der Waals surface area contributed by atoms with Gasteiger partial charge in [0.2, 0.25) is 0 Å². The van der Waals surface area contributed by atoms with E-state index in [9.17, 15) is 0 Å². The highest BCUT2D eigenvalue weighted by Crippen LogP contribution is 2.32. The summed E-state index contributed by atoms with van der Waals surface area (Å²) in [7, 11) is 0.